The summed E-state index contributed by atoms with van der Waals surface area (Å²) in [6.45, 7) is 4.51. The van der Waals surface area contributed by atoms with Crippen molar-refractivity contribution in [2.75, 3.05) is 32.3 Å². The van der Waals surface area contributed by atoms with Crippen molar-refractivity contribution in [3.05, 3.63) is 22.7 Å². The second-order valence-corrected chi connectivity index (χ2v) is 5.54. The Morgan fingerprint density at radius 1 is 1.37 bits per heavy atom. The predicted octanol–water partition coefficient (Wildman–Crippen LogP) is 3.59. The fourth-order valence-corrected chi connectivity index (χ4v) is 2.18. The normalized spacial score (nSPS) is 10.5. The van der Waals surface area contributed by atoms with Gasteiger partial charge in [-0.25, -0.2) is 0 Å². The van der Waals surface area contributed by atoms with Crippen molar-refractivity contribution in [3.8, 4) is 11.5 Å². The van der Waals surface area contributed by atoms with Crippen LogP contribution in [-0.4, -0.2) is 32.3 Å². The molecule has 1 N–H and O–H groups in total. The maximum atomic E-state index is 6.11. The summed E-state index contributed by atoms with van der Waals surface area (Å²) in [6.07, 6.45) is 3.16. The van der Waals surface area contributed by atoms with E-state index in [0.29, 0.717) is 17.4 Å². The third-order valence-electron chi connectivity index (χ3n) is 2.59. The van der Waals surface area contributed by atoms with Gasteiger partial charge in [0.05, 0.1) is 13.7 Å². The molecule has 0 aliphatic rings. The fraction of sp³-hybridized carbons (Fsp3) is 0.571. The van der Waals surface area contributed by atoms with Crippen molar-refractivity contribution >= 4 is 23.4 Å². The van der Waals surface area contributed by atoms with Gasteiger partial charge in [-0.1, -0.05) is 18.5 Å². The van der Waals surface area contributed by atoms with Gasteiger partial charge in [-0.05, 0) is 25.3 Å². The lowest BCUT2D eigenvalue weighted by atomic mass is 10.1. The standard InChI is InChI=1S/C14H22ClNO2S/c1-4-5-16-10-11-8-12(15)9-13(17-2)14(11)18-6-7-19-3/h8-9,16H,4-7,10H2,1-3H3. The second-order valence-electron chi connectivity index (χ2n) is 4.11. The highest BCUT2D eigenvalue weighted by atomic mass is 35.5. The lowest BCUT2D eigenvalue weighted by molar-refractivity contribution is 0.309. The third kappa shape index (κ3) is 5.51. The first-order chi connectivity index (χ1) is 9.22. The molecule has 0 spiro atoms. The maximum absolute atomic E-state index is 6.11. The molecule has 1 rings (SSSR count). The van der Waals surface area contributed by atoms with Crippen LogP contribution in [0.25, 0.3) is 0 Å². The molecule has 0 fully saturated rings. The van der Waals surface area contributed by atoms with E-state index in [4.69, 9.17) is 21.1 Å². The first-order valence-electron chi connectivity index (χ1n) is 6.41. The molecule has 0 radical (unpaired) electrons. The number of hydrogen-bond donors (Lipinski definition) is 1. The van der Waals surface area contributed by atoms with E-state index < -0.39 is 0 Å². The molecule has 108 valence electrons. The number of methoxy groups -OCH3 is 1. The molecule has 0 aliphatic carbocycles. The topological polar surface area (TPSA) is 30.5 Å². The first-order valence-corrected chi connectivity index (χ1v) is 8.19. The average Bonchev–Trinajstić information content (AvgIpc) is 2.41. The Kier molecular flexibility index (Phi) is 8.10. The number of nitrogens with one attached hydrogen (secondary N) is 1. The first kappa shape index (κ1) is 16.5. The van der Waals surface area contributed by atoms with Crippen LogP contribution < -0.4 is 14.8 Å². The summed E-state index contributed by atoms with van der Waals surface area (Å²) in [6, 6.07) is 3.72. The molecule has 0 amide bonds. The van der Waals surface area contributed by atoms with E-state index in [-0.39, 0.29) is 0 Å². The van der Waals surface area contributed by atoms with Crippen LogP contribution in [0.2, 0.25) is 5.02 Å². The summed E-state index contributed by atoms with van der Waals surface area (Å²) >= 11 is 7.86. The predicted molar refractivity (Wildman–Crippen MR) is 83.9 cm³/mol. The van der Waals surface area contributed by atoms with Gasteiger partial charge in [0.2, 0.25) is 0 Å². The van der Waals surface area contributed by atoms with E-state index in [1.54, 1.807) is 24.9 Å². The third-order valence-corrected chi connectivity index (χ3v) is 3.39. The Balaban J connectivity index is 2.86. The fourth-order valence-electron chi connectivity index (χ4n) is 1.70. The summed E-state index contributed by atoms with van der Waals surface area (Å²) < 4.78 is 11.2. The minimum atomic E-state index is 0.667. The van der Waals surface area contributed by atoms with Gasteiger partial charge in [0.1, 0.15) is 0 Å². The van der Waals surface area contributed by atoms with Crippen LogP contribution in [0.15, 0.2) is 12.1 Å². The molecule has 0 saturated heterocycles. The molecule has 19 heavy (non-hydrogen) atoms. The van der Waals surface area contributed by atoms with Crippen LogP contribution in [-0.2, 0) is 6.54 Å². The molecule has 0 atom stereocenters. The molecule has 0 saturated carbocycles. The Bertz CT molecular complexity index is 388. The smallest absolute Gasteiger partial charge is 0.165 e. The molecule has 0 unspecified atom stereocenters. The van der Waals surface area contributed by atoms with Crippen LogP contribution in [0.1, 0.15) is 18.9 Å². The van der Waals surface area contributed by atoms with Gasteiger partial charge in [0.15, 0.2) is 11.5 Å². The summed E-state index contributed by atoms with van der Waals surface area (Å²) in [5.74, 6) is 2.44. The minimum absolute atomic E-state index is 0.667. The molecule has 5 heteroatoms. The van der Waals surface area contributed by atoms with E-state index in [9.17, 15) is 0 Å². The zero-order valence-electron chi connectivity index (χ0n) is 11.8. The monoisotopic (exact) mass is 303 g/mol. The summed E-state index contributed by atoms with van der Waals surface area (Å²) in [4.78, 5) is 0. The number of thioether (sulfide) groups is 1. The van der Waals surface area contributed by atoms with Gasteiger partial charge in [-0.3, -0.25) is 0 Å². The van der Waals surface area contributed by atoms with Crippen LogP contribution in [0.5, 0.6) is 11.5 Å². The van der Waals surface area contributed by atoms with E-state index in [1.807, 2.05) is 6.07 Å². The van der Waals surface area contributed by atoms with Gasteiger partial charge in [0.25, 0.3) is 0 Å². The lowest BCUT2D eigenvalue weighted by Crippen LogP contribution is -2.15. The van der Waals surface area contributed by atoms with Gasteiger partial charge < -0.3 is 14.8 Å². The Hall–Kier alpha value is -0.580. The molecule has 0 heterocycles. The Labute approximate surface area is 125 Å². The van der Waals surface area contributed by atoms with Crippen LogP contribution in [0, 0.1) is 0 Å². The molecule has 0 aromatic heterocycles. The quantitative estimate of drug-likeness (QED) is 0.706. The van der Waals surface area contributed by atoms with Crippen LogP contribution in [0.4, 0.5) is 0 Å². The summed E-state index contributed by atoms with van der Waals surface area (Å²) in [7, 11) is 1.64. The van der Waals surface area contributed by atoms with Crippen molar-refractivity contribution < 1.29 is 9.47 Å². The molecular weight excluding hydrogens is 282 g/mol. The Morgan fingerprint density at radius 3 is 2.79 bits per heavy atom. The van der Waals surface area contributed by atoms with E-state index in [1.165, 1.54) is 0 Å². The maximum Gasteiger partial charge on any atom is 0.165 e. The van der Waals surface area contributed by atoms with Crippen molar-refractivity contribution in [1.29, 1.82) is 0 Å². The van der Waals surface area contributed by atoms with Crippen molar-refractivity contribution in [3.63, 3.8) is 0 Å². The highest BCUT2D eigenvalue weighted by Gasteiger charge is 2.12. The van der Waals surface area contributed by atoms with Gasteiger partial charge in [0, 0.05) is 29.0 Å². The largest absolute Gasteiger partial charge is 0.493 e. The lowest BCUT2D eigenvalue weighted by Gasteiger charge is -2.16. The van der Waals surface area contributed by atoms with E-state index >= 15 is 0 Å². The number of ether oxygens (including phenoxy) is 2. The zero-order chi connectivity index (χ0) is 14.1. The molecular formula is C14H22ClNO2S. The van der Waals surface area contributed by atoms with Crippen molar-refractivity contribution in [2.45, 2.75) is 19.9 Å². The number of benzene rings is 1. The van der Waals surface area contributed by atoms with Crippen LogP contribution >= 0.6 is 23.4 Å². The van der Waals surface area contributed by atoms with Gasteiger partial charge in [-0.2, -0.15) is 11.8 Å². The van der Waals surface area contributed by atoms with E-state index in [0.717, 1.165) is 36.6 Å². The molecule has 0 aliphatic heterocycles. The molecule has 3 nitrogen and oxygen atoms in total. The van der Waals surface area contributed by atoms with Crippen molar-refractivity contribution in [1.82, 2.24) is 5.32 Å². The summed E-state index contributed by atoms with van der Waals surface area (Å²) in [5.41, 5.74) is 1.04. The molecule has 0 bridgehead atoms. The number of halogens is 1. The Morgan fingerprint density at radius 2 is 2.16 bits per heavy atom. The van der Waals surface area contributed by atoms with Gasteiger partial charge in [-0.15, -0.1) is 0 Å². The molecule has 1 aromatic rings. The zero-order valence-corrected chi connectivity index (χ0v) is 13.4. The van der Waals surface area contributed by atoms with Crippen LogP contribution in [0.3, 0.4) is 0 Å². The highest BCUT2D eigenvalue weighted by Crippen LogP contribution is 2.34. The second kappa shape index (κ2) is 9.34. The minimum Gasteiger partial charge on any atom is -0.493 e. The average molecular weight is 304 g/mol. The van der Waals surface area contributed by atoms with Gasteiger partial charge >= 0.3 is 0 Å². The number of rotatable bonds is 9. The van der Waals surface area contributed by atoms with E-state index in [2.05, 4.69) is 18.5 Å². The van der Waals surface area contributed by atoms with Crippen molar-refractivity contribution in [2.24, 2.45) is 0 Å². The SMILES string of the molecule is CCCNCc1cc(Cl)cc(OC)c1OCCSC. The molecule has 1 aromatic carbocycles. The highest BCUT2D eigenvalue weighted by molar-refractivity contribution is 7.98. The summed E-state index contributed by atoms with van der Waals surface area (Å²) in [5, 5.41) is 4.03. The number of hydrogen-bond acceptors (Lipinski definition) is 4.